The molecule has 0 fully saturated rings. The van der Waals surface area contributed by atoms with Crippen LogP contribution in [0.2, 0.25) is 0 Å². The van der Waals surface area contributed by atoms with Gasteiger partial charge in [0.15, 0.2) is 0 Å². The van der Waals surface area contributed by atoms with Gasteiger partial charge < -0.3 is 11.1 Å². The third-order valence-electron chi connectivity index (χ3n) is 1.44. The second-order valence-corrected chi connectivity index (χ2v) is 3.72. The summed E-state index contributed by atoms with van der Waals surface area (Å²) in [5.41, 5.74) is 5.84. The summed E-state index contributed by atoms with van der Waals surface area (Å²) in [5, 5.41) is 3.95. The molecule has 0 saturated heterocycles. The Labute approximate surface area is 76.3 Å². The number of hydrogen-bond donors (Lipinski definition) is 2. The van der Waals surface area contributed by atoms with Gasteiger partial charge in [-0.2, -0.15) is 0 Å². The van der Waals surface area contributed by atoms with E-state index in [0.29, 0.717) is 0 Å². The molecule has 3 nitrogen and oxygen atoms in total. The summed E-state index contributed by atoms with van der Waals surface area (Å²) in [6, 6.07) is -0.0383. The van der Waals surface area contributed by atoms with Gasteiger partial charge in [0.25, 0.3) is 0 Å². The average Bonchev–Trinajstić information content (AvgIpc) is 2.47. The van der Waals surface area contributed by atoms with Crippen molar-refractivity contribution in [2.45, 2.75) is 13.0 Å². The summed E-state index contributed by atoms with van der Waals surface area (Å²) in [6.07, 6.45) is 5.57. The molecule has 1 heterocycles. The van der Waals surface area contributed by atoms with Crippen molar-refractivity contribution >= 4 is 11.3 Å². The number of aryl methyl sites for hydroxylation is 1. The molecule has 0 aliphatic rings. The SMILES string of the molecule is CN/C=C\C(N)c1cnc(C)s1. The van der Waals surface area contributed by atoms with E-state index < -0.39 is 0 Å². The zero-order valence-electron chi connectivity index (χ0n) is 7.24. The Morgan fingerprint density at radius 2 is 2.50 bits per heavy atom. The molecule has 1 aromatic rings. The van der Waals surface area contributed by atoms with E-state index in [2.05, 4.69) is 10.3 Å². The van der Waals surface area contributed by atoms with Crippen molar-refractivity contribution in [1.29, 1.82) is 0 Å². The highest BCUT2D eigenvalue weighted by molar-refractivity contribution is 7.11. The van der Waals surface area contributed by atoms with Crippen LogP contribution in [0.5, 0.6) is 0 Å². The molecule has 66 valence electrons. The highest BCUT2D eigenvalue weighted by Crippen LogP contribution is 2.18. The van der Waals surface area contributed by atoms with Gasteiger partial charge >= 0.3 is 0 Å². The highest BCUT2D eigenvalue weighted by Gasteiger charge is 2.04. The van der Waals surface area contributed by atoms with Gasteiger partial charge in [0.1, 0.15) is 0 Å². The normalized spacial score (nSPS) is 13.6. The summed E-state index contributed by atoms with van der Waals surface area (Å²) in [5.74, 6) is 0. The van der Waals surface area contributed by atoms with Crippen molar-refractivity contribution in [2.75, 3.05) is 7.05 Å². The number of aromatic nitrogens is 1. The Morgan fingerprint density at radius 3 is 3.00 bits per heavy atom. The molecule has 0 bridgehead atoms. The molecule has 0 spiro atoms. The Balaban J connectivity index is 2.64. The molecule has 12 heavy (non-hydrogen) atoms. The van der Waals surface area contributed by atoms with Crippen LogP contribution < -0.4 is 11.1 Å². The number of nitrogens with zero attached hydrogens (tertiary/aromatic N) is 1. The summed E-state index contributed by atoms with van der Waals surface area (Å²) in [4.78, 5) is 5.23. The Hall–Kier alpha value is -0.870. The Kier molecular flexibility index (Phi) is 3.25. The van der Waals surface area contributed by atoms with Crippen molar-refractivity contribution in [3.8, 4) is 0 Å². The van der Waals surface area contributed by atoms with Crippen LogP contribution in [0.4, 0.5) is 0 Å². The number of nitrogens with one attached hydrogen (secondary N) is 1. The first kappa shape index (κ1) is 9.22. The van der Waals surface area contributed by atoms with Gasteiger partial charge in [-0.3, -0.25) is 0 Å². The van der Waals surface area contributed by atoms with Crippen LogP contribution in [-0.4, -0.2) is 12.0 Å². The van der Waals surface area contributed by atoms with Crippen molar-refractivity contribution in [3.05, 3.63) is 28.4 Å². The van der Waals surface area contributed by atoms with Crippen LogP contribution in [-0.2, 0) is 0 Å². The van der Waals surface area contributed by atoms with E-state index in [9.17, 15) is 0 Å². The minimum atomic E-state index is -0.0383. The molecule has 1 unspecified atom stereocenters. The molecule has 4 heteroatoms. The molecule has 0 aliphatic heterocycles. The predicted molar refractivity (Wildman–Crippen MR) is 52.0 cm³/mol. The minimum absolute atomic E-state index is 0.0383. The molecule has 1 rings (SSSR count). The fraction of sp³-hybridized carbons (Fsp3) is 0.375. The maximum absolute atomic E-state index is 5.84. The quantitative estimate of drug-likeness (QED) is 0.740. The van der Waals surface area contributed by atoms with E-state index in [0.717, 1.165) is 9.88 Å². The van der Waals surface area contributed by atoms with Crippen molar-refractivity contribution in [2.24, 2.45) is 5.73 Å². The molecule has 0 saturated carbocycles. The zero-order valence-corrected chi connectivity index (χ0v) is 8.06. The topological polar surface area (TPSA) is 50.9 Å². The van der Waals surface area contributed by atoms with Crippen LogP contribution in [0.15, 0.2) is 18.5 Å². The lowest BCUT2D eigenvalue weighted by Gasteiger charge is -2.00. The molecule has 0 amide bonds. The van der Waals surface area contributed by atoms with Gasteiger partial charge in [0.05, 0.1) is 11.0 Å². The number of thiazole rings is 1. The lowest BCUT2D eigenvalue weighted by molar-refractivity contribution is 0.914. The van der Waals surface area contributed by atoms with E-state index in [1.165, 1.54) is 0 Å². The van der Waals surface area contributed by atoms with Crippen molar-refractivity contribution in [3.63, 3.8) is 0 Å². The maximum atomic E-state index is 5.84. The van der Waals surface area contributed by atoms with Gasteiger partial charge in [-0.05, 0) is 19.2 Å². The predicted octanol–water partition coefficient (Wildman–Crippen LogP) is 1.18. The largest absolute Gasteiger partial charge is 0.394 e. The summed E-state index contributed by atoms with van der Waals surface area (Å²) in [7, 11) is 1.85. The Morgan fingerprint density at radius 1 is 1.75 bits per heavy atom. The second-order valence-electron chi connectivity index (χ2n) is 2.46. The fourth-order valence-corrected chi connectivity index (χ4v) is 1.59. The minimum Gasteiger partial charge on any atom is -0.394 e. The molecule has 3 N–H and O–H groups in total. The molecular formula is C8H13N3S. The molecule has 1 aromatic heterocycles. The lowest BCUT2D eigenvalue weighted by Crippen LogP contribution is -2.06. The van der Waals surface area contributed by atoms with E-state index in [1.807, 2.05) is 32.4 Å². The van der Waals surface area contributed by atoms with Crippen molar-refractivity contribution < 1.29 is 0 Å². The van der Waals surface area contributed by atoms with Crippen LogP contribution in [0.25, 0.3) is 0 Å². The first-order valence-corrected chi connectivity index (χ1v) is 4.57. The first-order valence-electron chi connectivity index (χ1n) is 3.76. The lowest BCUT2D eigenvalue weighted by atomic mass is 10.3. The van der Waals surface area contributed by atoms with Crippen molar-refractivity contribution in [1.82, 2.24) is 10.3 Å². The molecule has 0 aromatic carbocycles. The highest BCUT2D eigenvalue weighted by atomic mass is 32.1. The molecular weight excluding hydrogens is 170 g/mol. The van der Waals surface area contributed by atoms with Gasteiger partial charge in [-0.15, -0.1) is 11.3 Å². The third-order valence-corrected chi connectivity index (χ3v) is 2.45. The molecule has 0 aliphatic carbocycles. The summed E-state index contributed by atoms with van der Waals surface area (Å²) < 4.78 is 0. The fourth-order valence-electron chi connectivity index (χ4n) is 0.827. The summed E-state index contributed by atoms with van der Waals surface area (Å²) in [6.45, 7) is 1.97. The van der Waals surface area contributed by atoms with Gasteiger partial charge in [-0.25, -0.2) is 4.98 Å². The van der Waals surface area contributed by atoms with Crippen LogP contribution in [0.3, 0.4) is 0 Å². The second kappa shape index (κ2) is 4.23. The van der Waals surface area contributed by atoms with E-state index in [1.54, 1.807) is 11.3 Å². The number of nitrogens with two attached hydrogens (primary N) is 1. The smallest absolute Gasteiger partial charge is 0.0897 e. The molecule has 1 atom stereocenters. The maximum Gasteiger partial charge on any atom is 0.0897 e. The van der Waals surface area contributed by atoms with Gasteiger partial charge in [0, 0.05) is 18.1 Å². The van der Waals surface area contributed by atoms with E-state index >= 15 is 0 Å². The van der Waals surface area contributed by atoms with Crippen LogP contribution in [0, 0.1) is 6.92 Å². The Bertz CT molecular complexity index is 267. The molecule has 0 radical (unpaired) electrons. The third kappa shape index (κ3) is 2.32. The van der Waals surface area contributed by atoms with Crippen LogP contribution >= 0.6 is 11.3 Å². The van der Waals surface area contributed by atoms with Gasteiger partial charge in [-0.1, -0.05) is 0 Å². The standard InChI is InChI=1S/C8H13N3S/c1-6-11-5-8(12-6)7(9)3-4-10-2/h3-5,7,10H,9H2,1-2H3/b4-3-. The monoisotopic (exact) mass is 183 g/mol. The van der Waals surface area contributed by atoms with Gasteiger partial charge in [0.2, 0.25) is 0 Å². The van der Waals surface area contributed by atoms with Crippen LogP contribution in [0.1, 0.15) is 15.9 Å². The first-order chi connectivity index (χ1) is 5.74. The zero-order chi connectivity index (χ0) is 8.97. The number of rotatable bonds is 3. The van der Waals surface area contributed by atoms with E-state index in [-0.39, 0.29) is 6.04 Å². The number of hydrogen-bond acceptors (Lipinski definition) is 4. The van der Waals surface area contributed by atoms with E-state index in [4.69, 9.17) is 5.73 Å². The summed E-state index contributed by atoms with van der Waals surface area (Å²) >= 11 is 1.63. The average molecular weight is 183 g/mol.